The molecule has 98 valence electrons. The highest BCUT2D eigenvalue weighted by molar-refractivity contribution is 5.94. The number of benzene rings is 2. The maximum absolute atomic E-state index is 12.1. The van der Waals surface area contributed by atoms with Crippen molar-refractivity contribution in [1.82, 2.24) is 5.32 Å². The topological polar surface area (TPSA) is 55.1 Å². The Bertz CT molecular complexity index is 576. The summed E-state index contributed by atoms with van der Waals surface area (Å²) in [7, 11) is 0. The van der Waals surface area contributed by atoms with Crippen LogP contribution < -0.4 is 11.1 Å². The van der Waals surface area contributed by atoms with Gasteiger partial charge < -0.3 is 11.1 Å². The van der Waals surface area contributed by atoms with Crippen LogP contribution in [0.1, 0.15) is 34.5 Å². The summed E-state index contributed by atoms with van der Waals surface area (Å²) in [6, 6.07) is 15.0. The molecule has 3 nitrogen and oxygen atoms in total. The summed E-state index contributed by atoms with van der Waals surface area (Å²) in [4.78, 5) is 12.1. The number of hydrogen-bond acceptors (Lipinski definition) is 2. The zero-order chi connectivity index (χ0) is 13.8. The Hall–Kier alpha value is -2.29. The molecule has 2 rings (SSSR count). The van der Waals surface area contributed by atoms with Crippen LogP contribution in [0.15, 0.2) is 48.5 Å². The third-order valence-corrected chi connectivity index (χ3v) is 3.07. The first-order chi connectivity index (χ1) is 9.06. The molecule has 0 aromatic heterocycles. The lowest BCUT2D eigenvalue weighted by Gasteiger charge is -2.15. The fourth-order valence-corrected chi connectivity index (χ4v) is 1.90. The minimum Gasteiger partial charge on any atom is -0.399 e. The summed E-state index contributed by atoms with van der Waals surface area (Å²) in [5.74, 6) is -0.0741. The van der Waals surface area contributed by atoms with Crippen molar-refractivity contribution in [2.24, 2.45) is 0 Å². The molecule has 3 heteroatoms. The van der Waals surface area contributed by atoms with Crippen molar-refractivity contribution in [2.45, 2.75) is 19.9 Å². The quantitative estimate of drug-likeness (QED) is 0.827. The number of amides is 1. The van der Waals surface area contributed by atoms with Gasteiger partial charge in [0.05, 0.1) is 6.04 Å². The second-order valence-electron chi connectivity index (χ2n) is 4.73. The smallest absolute Gasteiger partial charge is 0.251 e. The van der Waals surface area contributed by atoms with Gasteiger partial charge in [-0.2, -0.15) is 0 Å². The molecule has 0 saturated heterocycles. The summed E-state index contributed by atoms with van der Waals surface area (Å²) < 4.78 is 0. The van der Waals surface area contributed by atoms with Crippen LogP contribution >= 0.6 is 0 Å². The van der Waals surface area contributed by atoms with Crippen LogP contribution in [0.25, 0.3) is 0 Å². The largest absolute Gasteiger partial charge is 0.399 e. The predicted octanol–water partition coefficient (Wildman–Crippen LogP) is 3.07. The lowest BCUT2D eigenvalue weighted by atomic mass is 10.1. The van der Waals surface area contributed by atoms with Crippen LogP contribution in [-0.2, 0) is 0 Å². The molecular weight excluding hydrogens is 236 g/mol. The Morgan fingerprint density at radius 3 is 2.47 bits per heavy atom. The maximum atomic E-state index is 12.1. The number of anilines is 1. The van der Waals surface area contributed by atoms with Gasteiger partial charge in [-0.1, -0.05) is 29.8 Å². The van der Waals surface area contributed by atoms with Gasteiger partial charge in [0.15, 0.2) is 0 Å². The van der Waals surface area contributed by atoms with Gasteiger partial charge in [0, 0.05) is 11.3 Å². The molecule has 19 heavy (non-hydrogen) atoms. The van der Waals surface area contributed by atoms with E-state index in [-0.39, 0.29) is 11.9 Å². The second kappa shape index (κ2) is 5.57. The Morgan fingerprint density at radius 2 is 1.84 bits per heavy atom. The Kier molecular flexibility index (Phi) is 3.85. The number of nitrogens with two attached hydrogens (primary N) is 1. The molecule has 0 aliphatic rings. The minimum absolute atomic E-state index is 0.0719. The van der Waals surface area contributed by atoms with E-state index in [4.69, 9.17) is 5.73 Å². The van der Waals surface area contributed by atoms with Crippen LogP contribution in [0, 0.1) is 6.92 Å². The molecule has 1 atom stereocenters. The van der Waals surface area contributed by atoms with Crippen molar-refractivity contribution in [3.05, 3.63) is 65.2 Å². The summed E-state index contributed by atoms with van der Waals surface area (Å²) in [5.41, 5.74) is 9.25. The molecular formula is C16H18N2O. The van der Waals surface area contributed by atoms with Crippen LogP contribution in [0.4, 0.5) is 5.69 Å². The average Bonchev–Trinajstić information content (AvgIpc) is 2.39. The van der Waals surface area contributed by atoms with Gasteiger partial charge in [-0.3, -0.25) is 4.79 Å². The molecule has 0 aliphatic heterocycles. The molecule has 0 saturated carbocycles. The molecule has 0 bridgehead atoms. The number of aryl methyl sites for hydroxylation is 1. The van der Waals surface area contributed by atoms with E-state index < -0.39 is 0 Å². The number of rotatable bonds is 3. The zero-order valence-corrected chi connectivity index (χ0v) is 11.2. The number of carbonyl (C=O) groups excluding carboxylic acids is 1. The minimum atomic E-state index is -0.0741. The van der Waals surface area contributed by atoms with E-state index in [1.54, 1.807) is 0 Å². The van der Waals surface area contributed by atoms with Gasteiger partial charge in [-0.15, -0.1) is 0 Å². The molecule has 1 unspecified atom stereocenters. The second-order valence-corrected chi connectivity index (χ2v) is 4.73. The van der Waals surface area contributed by atoms with Crippen molar-refractivity contribution in [1.29, 1.82) is 0 Å². The highest BCUT2D eigenvalue weighted by Crippen LogP contribution is 2.16. The first-order valence-corrected chi connectivity index (χ1v) is 6.29. The third kappa shape index (κ3) is 3.35. The monoisotopic (exact) mass is 254 g/mol. The fraction of sp³-hybridized carbons (Fsp3) is 0.188. The van der Waals surface area contributed by atoms with Gasteiger partial charge in [0.2, 0.25) is 0 Å². The molecule has 0 heterocycles. The SMILES string of the molecule is Cc1ccc(C(=O)NC(C)c2cccc(N)c2)cc1. The molecule has 2 aromatic rings. The molecule has 3 N–H and O–H groups in total. The zero-order valence-electron chi connectivity index (χ0n) is 11.2. The molecule has 1 amide bonds. The van der Waals surface area contributed by atoms with Crippen molar-refractivity contribution in [3.8, 4) is 0 Å². The summed E-state index contributed by atoms with van der Waals surface area (Å²) in [6.07, 6.45) is 0. The molecule has 0 aliphatic carbocycles. The van der Waals surface area contributed by atoms with Crippen molar-refractivity contribution >= 4 is 11.6 Å². The van der Waals surface area contributed by atoms with E-state index in [1.165, 1.54) is 0 Å². The first kappa shape index (κ1) is 13.1. The van der Waals surface area contributed by atoms with Crippen molar-refractivity contribution in [2.75, 3.05) is 5.73 Å². The lowest BCUT2D eigenvalue weighted by Crippen LogP contribution is -2.26. The van der Waals surface area contributed by atoms with Crippen LogP contribution in [0.5, 0.6) is 0 Å². The van der Waals surface area contributed by atoms with E-state index in [2.05, 4.69) is 5.32 Å². The summed E-state index contributed by atoms with van der Waals surface area (Å²) in [5, 5.41) is 2.96. The molecule has 0 radical (unpaired) electrons. The van der Waals surface area contributed by atoms with Crippen molar-refractivity contribution < 1.29 is 4.79 Å². The third-order valence-electron chi connectivity index (χ3n) is 3.07. The average molecular weight is 254 g/mol. The molecule has 0 fully saturated rings. The Morgan fingerprint density at radius 1 is 1.16 bits per heavy atom. The van der Waals surface area contributed by atoms with E-state index in [0.29, 0.717) is 11.3 Å². The van der Waals surface area contributed by atoms with Gasteiger partial charge in [0.25, 0.3) is 5.91 Å². The highest BCUT2D eigenvalue weighted by atomic mass is 16.1. The maximum Gasteiger partial charge on any atom is 0.251 e. The molecule has 0 spiro atoms. The van der Waals surface area contributed by atoms with Crippen LogP contribution in [-0.4, -0.2) is 5.91 Å². The Balaban J connectivity index is 2.08. The number of carbonyl (C=O) groups is 1. The first-order valence-electron chi connectivity index (χ1n) is 6.29. The van der Waals surface area contributed by atoms with Gasteiger partial charge in [-0.25, -0.2) is 0 Å². The van der Waals surface area contributed by atoms with E-state index >= 15 is 0 Å². The standard InChI is InChI=1S/C16H18N2O/c1-11-6-8-13(9-7-11)16(19)18-12(2)14-4-3-5-15(17)10-14/h3-10,12H,17H2,1-2H3,(H,18,19). The van der Waals surface area contributed by atoms with Crippen LogP contribution in [0.3, 0.4) is 0 Å². The number of nitrogens with one attached hydrogen (secondary N) is 1. The van der Waals surface area contributed by atoms with E-state index in [9.17, 15) is 4.79 Å². The van der Waals surface area contributed by atoms with Crippen LogP contribution in [0.2, 0.25) is 0 Å². The highest BCUT2D eigenvalue weighted by Gasteiger charge is 2.11. The van der Waals surface area contributed by atoms with Crippen molar-refractivity contribution in [3.63, 3.8) is 0 Å². The molecule has 2 aromatic carbocycles. The van der Waals surface area contributed by atoms with E-state index in [0.717, 1.165) is 11.1 Å². The predicted molar refractivity (Wildman–Crippen MR) is 77.9 cm³/mol. The fourth-order valence-electron chi connectivity index (χ4n) is 1.90. The van der Waals surface area contributed by atoms with E-state index in [1.807, 2.05) is 62.4 Å². The number of hydrogen-bond donors (Lipinski definition) is 2. The lowest BCUT2D eigenvalue weighted by molar-refractivity contribution is 0.0940. The normalized spacial score (nSPS) is 11.9. The van der Waals surface area contributed by atoms with Gasteiger partial charge in [-0.05, 0) is 43.7 Å². The number of nitrogen functional groups attached to an aromatic ring is 1. The summed E-state index contributed by atoms with van der Waals surface area (Å²) >= 11 is 0. The summed E-state index contributed by atoms with van der Waals surface area (Å²) in [6.45, 7) is 3.94. The van der Waals surface area contributed by atoms with Gasteiger partial charge >= 0.3 is 0 Å². The Labute approximate surface area is 113 Å². The van der Waals surface area contributed by atoms with Gasteiger partial charge in [0.1, 0.15) is 0 Å².